The molecule has 7 nitrogen and oxygen atoms in total. The van der Waals surface area contributed by atoms with Crippen molar-refractivity contribution in [3.05, 3.63) is 58.9 Å². The lowest BCUT2D eigenvalue weighted by Gasteiger charge is -2.24. The Balaban J connectivity index is 1.63. The van der Waals surface area contributed by atoms with Crippen molar-refractivity contribution in [1.29, 1.82) is 0 Å². The maximum atomic E-state index is 15.6. The minimum absolute atomic E-state index is 0.0382. The average molecular weight is 416 g/mol. The van der Waals surface area contributed by atoms with Gasteiger partial charge in [-0.3, -0.25) is 9.59 Å². The van der Waals surface area contributed by atoms with E-state index >= 15 is 4.39 Å². The highest BCUT2D eigenvalue weighted by atomic mass is 32.2. The van der Waals surface area contributed by atoms with E-state index < -0.39 is 34.4 Å². The molecule has 5 rings (SSSR count). The fourth-order valence-corrected chi connectivity index (χ4v) is 5.63. The van der Waals surface area contributed by atoms with Crippen molar-refractivity contribution in [3.63, 3.8) is 0 Å². The smallest absolute Gasteiger partial charge is 0.326 e. The molecule has 1 amide bonds. The maximum absolute atomic E-state index is 15.6. The second kappa shape index (κ2) is 6.28. The Hall–Kier alpha value is -2.94. The lowest BCUT2D eigenvalue weighted by Crippen LogP contribution is -2.31. The van der Waals surface area contributed by atoms with Gasteiger partial charge in [0.2, 0.25) is 0 Å². The normalized spacial score (nSPS) is 24.0. The molecule has 2 fully saturated rings. The average Bonchev–Trinajstić information content (AvgIpc) is 3.31. The van der Waals surface area contributed by atoms with Crippen molar-refractivity contribution < 1.29 is 27.1 Å². The third kappa shape index (κ3) is 2.79. The van der Waals surface area contributed by atoms with Gasteiger partial charge in [0.15, 0.2) is 5.82 Å². The molecule has 0 radical (unpaired) electrons. The topological polar surface area (TPSA) is 92.8 Å². The molecule has 0 aromatic heterocycles. The Morgan fingerprint density at radius 3 is 2.66 bits per heavy atom. The zero-order chi connectivity index (χ0) is 20.3. The first-order chi connectivity index (χ1) is 13.8. The van der Waals surface area contributed by atoms with Gasteiger partial charge in [0, 0.05) is 17.9 Å². The molecule has 1 saturated carbocycles. The van der Waals surface area contributed by atoms with E-state index in [4.69, 9.17) is 4.74 Å². The molecule has 150 valence electrons. The van der Waals surface area contributed by atoms with Gasteiger partial charge in [0.05, 0.1) is 0 Å². The molecule has 0 spiro atoms. The number of anilines is 1. The second-order valence-corrected chi connectivity index (χ2v) is 9.10. The summed E-state index contributed by atoms with van der Waals surface area (Å²) in [5.41, 5.74) is 1.44. The molecule has 3 aliphatic rings. The summed E-state index contributed by atoms with van der Waals surface area (Å²) in [6.45, 7) is -0.434. The van der Waals surface area contributed by atoms with Crippen molar-refractivity contribution >= 4 is 27.6 Å². The minimum atomic E-state index is -4.23. The van der Waals surface area contributed by atoms with Crippen LogP contribution >= 0.6 is 0 Å². The van der Waals surface area contributed by atoms with Gasteiger partial charge in [-0.25, -0.2) is 13.4 Å². The quantitative estimate of drug-likeness (QED) is 0.824. The number of Topliss-reactive ketones (excluding diaryl/α,β-unsaturated/α-hetero) is 1. The van der Waals surface area contributed by atoms with Gasteiger partial charge in [-0.15, -0.1) is 0 Å². The molecular formula is C20H17FN2O5S. The van der Waals surface area contributed by atoms with Crippen LogP contribution in [0.4, 0.5) is 10.1 Å². The summed E-state index contributed by atoms with van der Waals surface area (Å²) in [7, 11) is -4.23. The van der Waals surface area contributed by atoms with Crippen LogP contribution in [0.3, 0.4) is 0 Å². The van der Waals surface area contributed by atoms with E-state index in [1.807, 2.05) is 35.1 Å². The highest BCUT2D eigenvalue weighted by Gasteiger charge is 2.48. The van der Waals surface area contributed by atoms with E-state index in [1.54, 1.807) is 6.07 Å². The summed E-state index contributed by atoms with van der Waals surface area (Å²) < 4.78 is 48.8. The zero-order valence-corrected chi connectivity index (χ0v) is 16.0. The van der Waals surface area contributed by atoms with Crippen molar-refractivity contribution in [2.45, 2.75) is 31.3 Å². The monoisotopic (exact) mass is 416 g/mol. The van der Waals surface area contributed by atoms with Gasteiger partial charge >= 0.3 is 10.2 Å². The first kappa shape index (κ1) is 18.1. The molecule has 1 heterocycles. The van der Waals surface area contributed by atoms with E-state index in [9.17, 15) is 18.0 Å². The first-order valence-electron chi connectivity index (χ1n) is 9.24. The number of halogens is 1. The molecule has 1 saturated heterocycles. The van der Waals surface area contributed by atoms with Crippen LogP contribution in [0.15, 0.2) is 36.4 Å². The van der Waals surface area contributed by atoms with Gasteiger partial charge < -0.3 is 4.74 Å². The van der Waals surface area contributed by atoms with Gasteiger partial charge in [-0.2, -0.15) is 8.42 Å². The van der Waals surface area contributed by atoms with E-state index in [1.165, 1.54) is 0 Å². The Morgan fingerprint density at radius 2 is 1.97 bits per heavy atom. The van der Waals surface area contributed by atoms with E-state index in [2.05, 4.69) is 0 Å². The van der Waals surface area contributed by atoms with Gasteiger partial charge in [-0.05, 0) is 29.5 Å². The lowest BCUT2D eigenvalue weighted by molar-refractivity contribution is -0.119. The number of benzene rings is 2. The number of hydrogen-bond donors (Lipinski definition) is 1. The highest BCUT2D eigenvalue weighted by Crippen LogP contribution is 2.55. The number of ketones is 1. The molecule has 2 aromatic rings. The molecule has 2 bridgehead atoms. The largest absolute Gasteiger partial charge is 0.487 e. The molecule has 2 aromatic carbocycles. The number of rotatable bonds is 4. The fourth-order valence-electron chi connectivity index (χ4n) is 4.47. The van der Waals surface area contributed by atoms with Crippen molar-refractivity contribution in [1.82, 2.24) is 4.72 Å². The predicted octanol–water partition coefficient (Wildman–Crippen LogP) is 2.13. The zero-order valence-electron chi connectivity index (χ0n) is 15.2. The summed E-state index contributed by atoms with van der Waals surface area (Å²) in [5, 5.41) is 0. The highest BCUT2D eigenvalue weighted by molar-refractivity contribution is 7.92. The molecule has 9 heteroatoms. The first-order valence-corrected chi connectivity index (χ1v) is 10.7. The Labute approximate surface area is 166 Å². The SMILES string of the molecule is O=C1CN(c2c(OCc3ccccc3)cc3c(c2F)C2CC3CC2=O)S(=O)(=O)N1. The second-order valence-electron chi connectivity index (χ2n) is 7.51. The van der Waals surface area contributed by atoms with Gasteiger partial charge in [-0.1, -0.05) is 30.3 Å². The van der Waals surface area contributed by atoms with Crippen LogP contribution in [-0.4, -0.2) is 26.7 Å². The third-order valence-corrected chi connectivity index (χ3v) is 7.10. The Kier molecular flexibility index (Phi) is 3.92. The number of ether oxygens (including phenoxy) is 1. The lowest BCUT2D eigenvalue weighted by atomic mass is 9.89. The van der Waals surface area contributed by atoms with Crippen LogP contribution in [0.2, 0.25) is 0 Å². The van der Waals surface area contributed by atoms with Crippen LogP contribution in [0.25, 0.3) is 0 Å². The van der Waals surface area contributed by atoms with Crippen LogP contribution in [0, 0.1) is 5.82 Å². The number of nitrogens with zero attached hydrogens (tertiary/aromatic N) is 1. The Morgan fingerprint density at radius 1 is 1.21 bits per heavy atom. The summed E-state index contributed by atoms with van der Waals surface area (Å²) in [4.78, 5) is 23.9. The molecular weight excluding hydrogens is 399 g/mol. The summed E-state index contributed by atoms with van der Waals surface area (Å²) in [6, 6.07) is 10.8. The molecule has 1 aliphatic heterocycles. The van der Waals surface area contributed by atoms with E-state index in [-0.39, 0.29) is 35.3 Å². The van der Waals surface area contributed by atoms with E-state index in [0.717, 1.165) is 5.56 Å². The number of amides is 1. The van der Waals surface area contributed by atoms with Crippen LogP contribution in [-0.2, 0) is 26.4 Å². The van der Waals surface area contributed by atoms with Crippen molar-refractivity contribution in [2.75, 3.05) is 10.8 Å². The summed E-state index contributed by atoms with van der Waals surface area (Å²) in [5.74, 6) is -2.19. The molecule has 29 heavy (non-hydrogen) atoms. The Bertz CT molecular complexity index is 1150. The van der Waals surface area contributed by atoms with Crippen molar-refractivity contribution in [2.24, 2.45) is 0 Å². The molecule has 2 atom stereocenters. The van der Waals surface area contributed by atoms with Crippen LogP contribution in [0.1, 0.15) is 41.4 Å². The fraction of sp³-hybridized carbons (Fsp3) is 0.300. The summed E-state index contributed by atoms with van der Waals surface area (Å²) in [6.07, 6.45) is 0.882. The number of fused-ring (bicyclic) bond motifs is 5. The van der Waals surface area contributed by atoms with Gasteiger partial charge in [0.1, 0.15) is 30.4 Å². The molecule has 1 N–H and O–H groups in total. The van der Waals surface area contributed by atoms with E-state index in [0.29, 0.717) is 22.7 Å². The summed E-state index contributed by atoms with van der Waals surface area (Å²) >= 11 is 0. The molecule has 2 unspecified atom stereocenters. The minimum Gasteiger partial charge on any atom is -0.487 e. The van der Waals surface area contributed by atoms with Crippen LogP contribution in [0.5, 0.6) is 5.75 Å². The standard InChI is InChI=1S/C20H17FN2O5S/c21-19-18-13(12-6-14(18)15(24)7-12)8-16(28-10-11-4-2-1-3-5-11)20(19)23-9-17(25)22-29(23,26)27/h1-5,8,12,14H,6-7,9-10H2,(H,22,25). The number of carbonyl (C=O) groups is 2. The third-order valence-electron chi connectivity index (χ3n) is 5.73. The number of nitrogens with one attached hydrogen (secondary N) is 1. The number of hydrogen-bond acceptors (Lipinski definition) is 5. The van der Waals surface area contributed by atoms with Crippen molar-refractivity contribution in [3.8, 4) is 5.75 Å². The molecule has 2 aliphatic carbocycles. The number of carbonyl (C=O) groups excluding carboxylic acids is 2. The van der Waals surface area contributed by atoms with Gasteiger partial charge in [0.25, 0.3) is 5.91 Å². The predicted molar refractivity (Wildman–Crippen MR) is 101 cm³/mol. The maximum Gasteiger partial charge on any atom is 0.326 e. The van der Waals surface area contributed by atoms with Crippen LogP contribution < -0.4 is 13.8 Å².